The van der Waals surface area contributed by atoms with Crippen LogP contribution in [-0.2, 0) is 9.53 Å². The van der Waals surface area contributed by atoms with Gasteiger partial charge in [-0.1, -0.05) is 13.8 Å². The van der Waals surface area contributed by atoms with Crippen LogP contribution in [-0.4, -0.2) is 61.6 Å². The van der Waals surface area contributed by atoms with Crippen molar-refractivity contribution in [1.29, 1.82) is 0 Å². The van der Waals surface area contributed by atoms with E-state index in [2.05, 4.69) is 18.7 Å². The molecule has 1 fully saturated rings. The van der Waals surface area contributed by atoms with Gasteiger partial charge in [0, 0.05) is 14.2 Å². The SMILES string of the molecule is CCC(C(=O)N(C)C1(COC)CC1)N(C)CC. The molecule has 17 heavy (non-hydrogen) atoms. The molecule has 1 rings (SSSR count). The van der Waals surface area contributed by atoms with E-state index in [1.165, 1.54) is 0 Å². The first-order valence-electron chi connectivity index (χ1n) is 6.49. The summed E-state index contributed by atoms with van der Waals surface area (Å²) >= 11 is 0. The average Bonchev–Trinajstić information content (AvgIpc) is 3.10. The summed E-state index contributed by atoms with van der Waals surface area (Å²) in [6.07, 6.45) is 2.99. The molecule has 1 amide bonds. The Hall–Kier alpha value is -0.610. The maximum Gasteiger partial charge on any atom is 0.240 e. The quantitative estimate of drug-likeness (QED) is 0.675. The number of carbonyl (C=O) groups is 1. The summed E-state index contributed by atoms with van der Waals surface area (Å²) in [5, 5.41) is 0. The van der Waals surface area contributed by atoms with E-state index in [0.29, 0.717) is 6.61 Å². The summed E-state index contributed by atoms with van der Waals surface area (Å²) in [7, 11) is 5.63. The number of methoxy groups -OCH3 is 1. The number of likely N-dealkylation sites (N-methyl/N-ethyl adjacent to an activating group) is 2. The second-order valence-corrected chi connectivity index (χ2v) is 5.05. The number of carbonyl (C=O) groups excluding carboxylic acids is 1. The molecular formula is C13H26N2O2. The van der Waals surface area contributed by atoms with Gasteiger partial charge < -0.3 is 9.64 Å². The summed E-state index contributed by atoms with van der Waals surface area (Å²) in [6, 6.07) is -0.000619. The van der Waals surface area contributed by atoms with E-state index in [-0.39, 0.29) is 17.5 Å². The Morgan fingerprint density at radius 1 is 1.35 bits per heavy atom. The zero-order valence-electron chi connectivity index (χ0n) is 11.8. The Labute approximate surface area is 105 Å². The van der Waals surface area contributed by atoms with Crippen LogP contribution in [0.3, 0.4) is 0 Å². The Kier molecular flexibility index (Phi) is 4.95. The number of rotatable bonds is 7. The number of hydrogen-bond acceptors (Lipinski definition) is 3. The van der Waals surface area contributed by atoms with Gasteiger partial charge in [0.05, 0.1) is 18.2 Å². The zero-order chi connectivity index (χ0) is 13.1. The normalized spacial score (nSPS) is 19.2. The highest BCUT2D eigenvalue weighted by Crippen LogP contribution is 2.41. The molecule has 4 nitrogen and oxygen atoms in total. The van der Waals surface area contributed by atoms with Gasteiger partial charge in [-0.05, 0) is 32.9 Å². The Balaban J connectivity index is 2.68. The summed E-state index contributed by atoms with van der Waals surface area (Å²) < 4.78 is 5.23. The third-order valence-electron chi connectivity index (χ3n) is 3.98. The molecule has 1 aliphatic rings. The predicted molar refractivity (Wildman–Crippen MR) is 69.0 cm³/mol. The fourth-order valence-electron chi connectivity index (χ4n) is 2.34. The zero-order valence-corrected chi connectivity index (χ0v) is 11.8. The molecule has 1 saturated carbocycles. The van der Waals surface area contributed by atoms with Crippen LogP contribution in [0.5, 0.6) is 0 Å². The first-order valence-corrected chi connectivity index (χ1v) is 6.49. The second-order valence-electron chi connectivity index (χ2n) is 5.05. The topological polar surface area (TPSA) is 32.8 Å². The maximum atomic E-state index is 12.5. The molecule has 0 aliphatic heterocycles. The van der Waals surface area contributed by atoms with Gasteiger partial charge in [0.15, 0.2) is 0 Å². The van der Waals surface area contributed by atoms with Crippen LogP contribution in [0.4, 0.5) is 0 Å². The minimum atomic E-state index is -0.0200. The monoisotopic (exact) mass is 242 g/mol. The molecule has 0 heterocycles. The molecule has 100 valence electrons. The fraction of sp³-hybridized carbons (Fsp3) is 0.923. The Morgan fingerprint density at radius 2 is 1.94 bits per heavy atom. The highest BCUT2D eigenvalue weighted by molar-refractivity contribution is 5.82. The molecular weight excluding hydrogens is 216 g/mol. The van der Waals surface area contributed by atoms with E-state index in [4.69, 9.17) is 4.74 Å². The van der Waals surface area contributed by atoms with Crippen molar-refractivity contribution in [3.63, 3.8) is 0 Å². The van der Waals surface area contributed by atoms with E-state index in [1.807, 2.05) is 19.0 Å². The molecule has 0 aromatic carbocycles. The van der Waals surface area contributed by atoms with Crippen LogP contribution in [0.25, 0.3) is 0 Å². The second kappa shape index (κ2) is 5.83. The number of ether oxygens (including phenoxy) is 1. The van der Waals surface area contributed by atoms with Crippen molar-refractivity contribution in [2.24, 2.45) is 0 Å². The van der Waals surface area contributed by atoms with Crippen LogP contribution in [0.2, 0.25) is 0 Å². The highest BCUT2D eigenvalue weighted by atomic mass is 16.5. The Morgan fingerprint density at radius 3 is 2.29 bits per heavy atom. The van der Waals surface area contributed by atoms with Crippen molar-refractivity contribution in [2.45, 2.75) is 44.7 Å². The van der Waals surface area contributed by atoms with Crippen LogP contribution in [0, 0.1) is 0 Å². The molecule has 0 aromatic heterocycles. The summed E-state index contributed by atoms with van der Waals surface area (Å²) in [5.74, 6) is 0.228. The van der Waals surface area contributed by atoms with Gasteiger partial charge in [-0.3, -0.25) is 9.69 Å². The van der Waals surface area contributed by atoms with E-state index >= 15 is 0 Å². The van der Waals surface area contributed by atoms with E-state index in [0.717, 1.165) is 25.8 Å². The fourth-order valence-corrected chi connectivity index (χ4v) is 2.34. The van der Waals surface area contributed by atoms with Gasteiger partial charge in [0.1, 0.15) is 0 Å². The largest absolute Gasteiger partial charge is 0.382 e. The smallest absolute Gasteiger partial charge is 0.240 e. The number of amides is 1. The number of nitrogens with zero attached hydrogens (tertiary/aromatic N) is 2. The lowest BCUT2D eigenvalue weighted by Gasteiger charge is -2.34. The van der Waals surface area contributed by atoms with Gasteiger partial charge in [0.2, 0.25) is 5.91 Å². The lowest BCUT2D eigenvalue weighted by atomic mass is 10.1. The average molecular weight is 242 g/mol. The lowest BCUT2D eigenvalue weighted by molar-refractivity contribution is -0.139. The molecule has 0 bridgehead atoms. The van der Waals surface area contributed by atoms with Gasteiger partial charge >= 0.3 is 0 Å². The van der Waals surface area contributed by atoms with Gasteiger partial charge in [-0.25, -0.2) is 0 Å². The maximum absolute atomic E-state index is 12.5. The molecule has 0 aromatic rings. The molecule has 1 atom stereocenters. The van der Waals surface area contributed by atoms with Crippen LogP contribution in [0.15, 0.2) is 0 Å². The first kappa shape index (κ1) is 14.5. The molecule has 0 spiro atoms. The summed E-state index contributed by atoms with van der Waals surface area (Å²) in [6.45, 7) is 5.70. The van der Waals surface area contributed by atoms with Gasteiger partial charge in [-0.2, -0.15) is 0 Å². The standard InChI is InChI=1S/C13H26N2O2/c1-6-11(14(3)7-2)12(16)15(4)13(8-9-13)10-17-5/h11H,6-10H2,1-5H3. The minimum Gasteiger partial charge on any atom is -0.382 e. The predicted octanol–water partition coefficient (Wildman–Crippen LogP) is 1.35. The van der Waals surface area contributed by atoms with Crippen molar-refractivity contribution >= 4 is 5.91 Å². The minimum absolute atomic E-state index is 0.000619. The molecule has 0 saturated heterocycles. The first-order chi connectivity index (χ1) is 8.02. The van der Waals surface area contributed by atoms with Crippen molar-refractivity contribution in [2.75, 3.05) is 34.4 Å². The van der Waals surface area contributed by atoms with Crippen LogP contribution >= 0.6 is 0 Å². The van der Waals surface area contributed by atoms with E-state index in [9.17, 15) is 4.79 Å². The lowest BCUT2D eigenvalue weighted by Crippen LogP contribution is -2.51. The van der Waals surface area contributed by atoms with Gasteiger partial charge in [-0.15, -0.1) is 0 Å². The highest BCUT2D eigenvalue weighted by Gasteiger charge is 2.49. The van der Waals surface area contributed by atoms with Crippen molar-refractivity contribution in [3.8, 4) is 0 Å². The van der Waals surface area contributed by atoms with Crippen LogP contribution < -0.4 is 0 Å². The molecule has 0 N–H and O–H groups in total. The van der Waals surface area contributed by atoms with Crippen molar-refractivity contribution in [1.82, 2.24) is 9.80 Å². The van der Waals surface area contributed by atoms with Crippen molar-refractivity contribution in [3.05, 3.63) is 0 Å². The third kappa shape index (κ3) is 2.99. The molecule has 1 aliphatic carbocycles. The van der Waals surface area contributed by atoms with Gasteiger partial charge in [0.25, 0.3) is 0 Å². The van der Waals surface area contributed by atoms with E-state index < -0.39 is 0 Å². The third-order valence-corrected chi connectivity index (χ3v) is 3.98. The number of hydrogen-bond donors (Lipinski definition) is 0. The molecule has 0 radical (unpaired) electrons. The summed E-state index contributed by atoms with van der Waals surface area (Å²) in [5.41, 5.74) is -0.0200. The molecule has 1 unspecified atom stereocenters. The Bertz CT molecular complexity index is 264. The van der Waals surface area contributed by atoms with Crippen LogP contribution in [0.1, 0.15) is 33.1 Å². The van der Waals surface area contributed by atoms with Crippen molar-refractivity contribution < 1.29 is 9.53 Å². The van der Waals surface area contributed by atoms with E-state index in [1.54, 1.807) is 7.11 Å². The summed E-state index contributed by atoms with van der Waals surface area (Å²) in [4.78, 5) is 16.5. The molecule has 4 heteroatoms.